The van der Waals surface area contributed by atoms with E-state index in [0.29, 0.717) is 11.4 Å². The summed E-state index contributed by atoms with van der Waals surface area (Å²) in [7, 11) is -1.10. The highest BCUT2D eigenvalue weighted by Crippen LogP contribution is 2.18. The summed E-state index contributed by atoms with van der Waals surface area (Å²) in [6.45, 7) is 0.719. The highest BCUT2D eigenvalue weighted by atomic mass is 32.2. The number of hydrogen-bond acceptors (Lipinski definition) is 4. The summed E-state index contributed by atoms with van der Waals surface area (Å²) < 4.78 is 30.7. The normalized spacial score (nSPS) is 19.4. The Morgan fingerprint density at radius 3 is 3.05 bits per heavy atom. The standard InChI is InChI=1S/C14H19FN2O3S/c15-12-4-3-10(16)8-13(12)17-14(18)5-7-21(19)9-11-2-1-6-20-11/h3-4,8,11H,1-2,5-7,9,16H2,(H,17,18). The lowest BCUT2D eigenvalue weighted by Crippen LogP contribution is -2.21. The second kappa shape index (κ2) is 7.51. The maximum Gasteiger partial charge on any atom is 0.225 e. The number of nitrogen functional groups attached to an aromatic ring is 1. The number of carbonyl (C=O) groups is 1. The van der Waals surface area contributed by atoms with Crippen LogP contribution in [-0.4, -0.2) is 34.3 Å². The first kappa shape index (κ1) is 15.9. The zero-order chi connectivity index (χ0) is 15.2. The summed E-state index contributed by atoms with van der Waals surface area (Å²) in [5, 5.41) is 2.44. The highest BCUT2D eigenvalue weighted by Gasteiger charge is 2.18. The molecule has 116 valence electrons. The third-order valence-electron chi connectivity index (χ3n) is 3.22. The SMILES string of the molecule is Nc1ccc(F)c(NC(=O)CCS(=O)CC2CCCO2)c1. The van der Waals surface area contributed by atoms with E-state index in [-0.39, 0.29) is 29.9 Å². The van der Waals surface area contributed by atoms with Crippen molar-refractivity contribution >= 4 is 28.1 Å². The van der Waals surface area contributed by atoms with Crippen molar-refractivity contribution in [1.29, 1.82) is 0 Å². The number of anilines is 2. The van der Waals surface area contributed by atoms with Gasteiger partial charge in [0.2, 0.25) is 5.91 Å². The van der Waals surface area contributed by atoms with Crippen molar-refractivity contribution in [1.82, 2.24) is 0 Å². The van der Waals surface area contributed by atoms with Crippen LogP contribution in [0.15, 0.2) is 18.2 Å². The molecular weight excluding hydrogens is 295 g/mol. The lowest BCUT2D eigenvalue weighted by Gasteiger charge is -2.09. The molecule has 21 heavy (non-hydrogen) atoms. The second-order valence-corrected chi connectivity index (χ2v) is 6.60. The van der Waals surface area contributed by atoms with Gasteiger partial charge < -0.3 is 15.8 Å². The number of carbonyl (C=O) groups excluding carboxylic acids is 1. The molecule has 1 fully saturated rings. The van der Waals surface area contributed by atoms with Crippen LogP contribution in [0, 0.1) is 5.82 Å². The van der Waals surface area contributed by atoms with Crippen LogP contribution >= 0.6 is 0 Å². The lowest BCUT2D eigenvalue weighted by molar-refractivity contribution is -0.115. The number of benzene rings is 1. The van der Waals surface area contributed by atoms with E-state index in [1.165, 1.54) is 18.2 Å². The molecule has 5 nitrogen and oxygen atoms in total. The molecule has 1 amide bonds. The molecule has 1 aromatic rings. The molecule has 1 aromatic carbocycles. The summed E-state index contributed by atoms with van der Waals surface area (Å²) in [5.41, 5.74) is 5.95. The molecule has 0 aliphatic carbocycles. The van der Waals surface area contributed by atoms with Gasteiger partial charge in [0.1, 0.15) is 5.82 Å². The minimum Gasteiger partial charge on any atom is -0.399 e. The van der Waals surface area contributed by atoms with Crippen LogP contribution in [0.25, 0.3) is 0 Å². The first-order chi connectivity index (χ1) is 10.0. The van der Waals surface area contributed by atoms with Crippen molar-refractivity contribution in [3.8, 4) is 0 Å². The lowest BCUT2D eigenvalue weighted by atomic mass is 10.2. The zero-order valence-corrected chi connectivity index (χ0v) is 12.5. The van der Waals surface area contributed by atoms with Gasteiger partial charge >= 0.3 is 0 Å². The number of nitrogens with two attached hydrogens (primary N) is 1. The number of hydrogen-bond donors (Lipinski definition) is 2. The number of rotatable bonds is 6. The molecule has 0 aromatic heterocycles. The molecule has 2 atom stereocenters. The van der Waals surface area contributed by atoms with E-state index < -0.39 is 16.6 Å². The smallest absolute Gasteiger partial charge is 0.225 e. The Balaban J connectivity index is 1.76. The van der Waals surface area contributed by atoms with E-state index >= 15 is 0 Å². The average molecular weight is 314 g/mol. The van der Waals surface area contributed by atoms with Gasteiger partial charge in [-0.25, -0.2) is 4.39 Å². The van der Waals surface area contributed by atoms with Crippen molar-refractivity contribution in [3.05, 3.63) is 24.0 Å². The van der Waals surface area contributed by atoms with Crippen molar-refractivity contribution in [2.75, 3.05) is 29.2 Å². The Morgan fingerprint density at radius 2 is 2.33 bits per heavy atom. The van der Waals surface area contributed by atoms with Crippen LogP contribution in [0.2, 0.25) is 0 Å². The molecule has 3 N–H and O–H groups in total. The third kappa shape index (κ3) is 5.09. The minimum absolute atomic E-state index is 0.0419. The van der Waals surface area contributed by atoms with Crippen LogP contribution in [0.1, 0.15) is 19.3 Å². The van der Waals surface area contributed by atoms with E-state index in [4.69, 9.17) is 10.5 Å². The predicted octanol–water partition coefficient (Wildman–Crippen LogP) is 1.66. The summed E-state index contributed by atoms with van der Waals surface area (Å²) in [5.74, 6) is -0.214. The number of halogens is 1. The van der Waals surface area contributed by atoms with E-state index in [2.05, 4.69) is 5.32 Å². The Kier molecular flexibility index (Phi) is 5.69. The fraction of sp³-hybridized carbons (Fsp3) is 0.500. The highest BCUT2D eigenvalue weighted by molar-refractivity contribution is 7.85. The van der Waals surface area contributed by atoms with E-state index in [1.54, 1.807) is 0 Å². The molecule has 1 aliphatic rings. The molecule has 2 unspecified atom stereocenters. The van der Waals surface area contributed by atoms with Crippen LogP contribution in [0.5, 0.6) is 0 Å². The van der Waals surface area contributed by atoms with E-state index in [0.717, 1.165) is 19.4 Å². The first-order valence-electron chi connectivity index (χ1n) is 6.86. The minimum atomic E-state index is -1.10. The molecule has 0 saturated carbocycles. The topological polar surface area (TPSA) is 81.4 Å². The predicted molar refractivity (Wildman–Crippen MR) is 80.9 cm³/mol. The van der Waals surface area contributed by atoms with Gasteiger partial charge in [0.05, 0.1) is 11.8 Å². The average Bonchev–Trinajstić information content (AvgIpc) is 2.93. The number of nitrogens with one attached hydrogen (secondary N) is 1. The fourth-order valence-corrected chi connectivity index (χ4v) is 3.38. The Labute approximate surface area is 125 Å². The van der Waals surface area contributed by atoms with Gasteiger partial charge in [0.25, 0.3) is 0 Å². The van der Waals surface area contributed by atoms with Crippen molar-refractivity contribution in [2.45, 2.75) is 25.4 Å². The quantitative estimate of drug-likeness (QED) is 0.783. The Bertz CT molecular complexity index is 533. The molecule has 2 rings (SSSR count). The van der Waals surface area contributed by atoms with Gasteiger partial charge in [0.15, 0.2) is 0 Å². The van der Waals surface area contributed by atoms with Gasteiger partial charge in [-0.3, -0.25) is 9.00 Å². The van der Waals surface area contributed by atoms with Crippen LogP contribution in [0.4, 0.5) is 15.8 Å². The number of ether oxygens (including phenoxy) is 1. The molecule has 1 heterocycles. The van der Waals surface area contributed by atoms with Crippen molar-refractivity contribution < 1.29 is 18.1 Å². The molecular formula is C14H19FN2O3S. The van der Waals surface area contributed by atoms with Crippen molar-refractivity contribution in [2.24, 2.45) is 0 Å². The summed E-state index contributed by atoms with van der Waals surface area (Å²) in [6, 6.07) is 3.97. The largest absolute Gasteiger partial charge is 0.399 e. The molecule has 0 spiro atoms. The molecule has 0 bridgehead atoms. The maximum atomic E-state index is 13.5. The molecule has 1 aliphatic heterocycles. The van der Waals surface area contributed by atoms with E-state index in [1.807, 2.05) is 0 Å². The maximum absolute atomic E-state index is 13.5. The van der Waals surface area contributed by atoms with Gasteiger partial charge in [-0.05, 0) is 31.0 Å². The molecule has 0 radical (unpaired) electrons. The van der Waals surface area contributed by atoms with Gasteiger partial charge in [0, 0.05) is 41.0 Å². The summed E-state index contributed by atoms with van der Waals surface area (Å²) in [4.78, 5) is 11.7. The van der Waals surface area contributed by atoms with Crippen LogP contribution in [0.3, 0.4) is 0 Å². The van der Waals surface area contributed by atoms with Gasteiger partial charge in [-0.1, -0.05) is 0 Å². The second-order valence-electron chi connectivity index (χ2n) is 4.98. The van der Waals surface area contributed by atoms with Crippen LogP contribution < -0.4 is 11.1 Å². The molecule has 1 saturated heterocycles. The fourth-order valence-electron chi connectivity index (χ4n) is 2.12. The van der Waals surface area contributed by atoms with Gasteiger partial charge in [-0.2, -0.15) is 0 Å². The van der Waals surface area contributed by atoms with Crippen LogP contribution in [-0.2, 0) is 20.3 Å². The third-order valence-corrected chi connectivity index (χ3v) is 4.62. The zero-order valence-electron chi connectivity index (χ0n) is 11.6. The summed E-state index contributed by atoms with van der Waals surface area (Å²) >= 11 is 0. The Hall–Kier alpha value is -1.47. The number of amides is 1. The van der Waals surface area contributed by atoms with Crippen molar-refractivity contribution in [3.63, 3.8) is 0 Å². The van der Waals surface area contributed by atoms with E-state index in [9.17, 15) is 13.4 Å². The monoisotopic (exact) mass is 314 g/mol. The summed E-state index contributed by atoms with van der Waals surface area (Å²) in [6.07, 6.45) is 2.04. The molecule has 7 heteroatoms. The van der Waals surface area contributed by atoms with Gasteiger partial charge in [-0.15, -0.1) is 0 Å². The Morgan fingerprint density at radius 1 is 1.52 bits per heavy atom. The first-order valence-corrected chi connectivity index (χ1v) is 8.35.